The molecule has 1 aliphatic rings. The number of rotatable bonds is 7. The first-order chi connectivity index (χ1) is 13.5. The Labute approximate surface area is 167 Å². The van der Waals surface area contributed by atoms with Gasteiger partial charge in [0.2, 0.25) is 0 Å². The molecule has 7 heteroatoms. The summed E-state index contributed by atoms with van der Waals surface area (Å²) in [6.07, 6.45) is 4.04. The predicted molar refractivity (Wildman–Crippen MR) is 113 cm³/mol. The second-order valence-electron chi connectivity index (χ2n) is 7.69. The average molecular weight is 383 g/mol. The SMILES string of the molecule is CC(C)CCNC(=O)c1cnc(Nc2ccc(N3CCN(C)CC3)cc2)cn1. The summed E-state index contributed by atoms with van der Waals surface area (Å²) in [7, 11) is 2.16. The maximum Gasteiger partial charge on any atom is 0.271 e. The maximum atomic E-state index is 12.1. The molecule has 0 atom stereocenters. The Kier molecular flexibility index (Phi) is 6.81. The van der Waals surface area contributed by atoms with Crippen molar-refractivity contribution in [3.05, 3.63) is 42.4 Å². The topological polar surface area (TPSA) is 73.4 Å². The highest BCUT2D eigenvalue weighted by Crippen LogP contribution is 2.21. The van der Waals surface area contributed by atoms with E-state index >= 15 is 0 Å². The van der Waals surface area contributed by atoms with Gasteiger partial charge in [0.1, 0.15) is 11.5 Å². The van der Waals surface area contributed by atoms with E-state index in [9.17, 15) is 4.79 Å². The number of nitrogens with zero attached hydrogens (tertiary/aromatic N) is 4. The summed E-state index contributed by atoms with van der Waals surface area (Å²) in [5.41, 5.74) is 2.51. The summed E-state index contributed by atoms with van der Waals surface area (Å²) >= 11 is 0. The first kappa shape index (κ1) is 20.1. The molecule has 2 heterocycles. The van der Waals surface area contributed by atoms with Gasteiger partial charge in [-0.2, -0.15) is 0 Å². The standard InChI is InChI=1S/C21H30N6O/c1-16(2)8-9-22-21(28)19-14-24-20(15-23-19)25-17-4-6-18(7-5-17)27-12-10-26(3)11-13-27/h4-7,14-16H,8-13H2,1-3H3,(H,22,28)(H,24,25). The van der Waals surface area contributed by atoms with Crippen molar-refractivity contribution in [1.82, 2.24) is 20.2 Å². The molecule has 0 bridgehead atoms. The average Bonchev–Trinajstić information content (AvgIpc) is 2.69. The second kappa shape index (κ2) is 9.50. The van der Waals surface area contributed by atoms with Crippen LogP contribution in [0.25, 0.3) is 0 Å². The Balaban J connectivity index is 1.53. The highest BCUT2D eigenvalue weighted by molar-refractivity contribution is 5.92. The normalized spacial score (nSPS) is 14.9. The van der Waals surface area contributed by atoms with Gasteiger partial charge in [0, 0.05) is 44.1 Å². The van der Waals surface area contributed by atoms with Crippen LogP contribution in [-0.2, 0) is 0 Å². The van der Waals surface area contributed by atoms with Gasteiger partial charge in [-0.05, 0) is 43.7 Å². The molecule has 7 nitrogen and oxygen atoms in total. The lowest BCUT2D eigenvalue weighted by Gasteiger charge is -2.34. The number of amides is 1. The fourth-order valence-corrected chi connectivity index (χ4v) is 3.04. The molecule has 150 valence electrons. The summed E-state index contributed by atoms with van der Waals surface area (Å²) in [4.78, 5) is 25.3. The van der Waals surface area contributed by atoms with Crippen molar-refractivity contribution in [3.8, 4) is 0 Å². The van der Waals surface area contributed by atoms with E-state index in [1.165, 1.54) is 11.9 Å². The lowest BCUT2D eigenvalue weighted by atomic mass is 10.1. The van der Waals surface area contributed by atoms with Crippen molar-refractivity contribution < 1.29 is 4.79 Å². The maximum absolute atomic E-state index is 12.1. The summed E-state index contributed by atoms with van der Waals surface area (Å²) in [6, 6.07) is 8.33. The molecule has 0 aliphatic carbocycles. The number of carbonyl (C=O) groups is 1. The monoisotopic (exact) mass is 382 g/mol. The second-order valence-corrected chi connectivity index (χ2v) is 7.69. The van der Waals surface area contributed by atoms with Crippen molar-refractivity contribution in [2.45, 2.75) is 20.3 Å². The number of aromatic nitrogens is 2. The Bertz CT molecular complexity index is 751. The number of benzene rings is 1. The number of carbonyl (C=O) groups excluding carboxylic acids is 1. The quantitative estimate of drug-likeness (QED) is 0.767. The van der Waals surface area contributed by atoms with Gasteiger partial charge in [-0.15, -0.1) is 0 Å². The molecule has 2 N–H and O–H groups in total. The van der Waals surface area contributed by atoms with Gasteiger partial charge in [0.05, 0.1) is 12.4 Å². The molecule has 0 saturated carbocycles. The van der Waals surface area contributed by atoms with Crippen LogP contribution in [0.15, 0.2) is 36.7 Å². The van der Waals surface area contributed by atoms with Gasteiger partial charge in [0.15, 0.2) is 0 Å². The van der Waals surface area contributed by atoms with E-state index in [4.69, 9.17) is 0 Å². The molecule has 1 amide bonds. The van der Waals surface area contributed by atoms with Gasteiger partial charge in [-0.3, -0.25) is 4.79 Å². The minimum atomic E-state index is -0.184. The van der Waals surface area contributed by atoms with Gasteiger partial charge >= 0.3 is 0 Å². The fourth-order valence-electron chi connectivity index (χ4n) is 3.04. The van der Waals surface area contributed by atoms with Crippen LogP contribution in [0.1, 0.15) is 30.8 Å². The Morgan fingerprint density at radius 2 is 1.79 bits per heavy atom. The summed E-state index contributed by atoms with van der Waals surface area (Å²) in [5, 5.41) is 6.10. The van der Waals surface area contributed by atoms with Crippen molar-refractivity contribution in [2.24, 2.45) is 5.92 Å². The Morgan fingerprint density at radius 3 is 2.39 bits per heavy atom. The zero-order chi connectivity index (χ0) is 19.9. The summed E-state index contributed by atoms with van der Waals surface area (Å²) < 4.78 is 0. The number of hydrogen-bond acceptors (Lipinski definition) is 6. The van der Waals surface area contributed by atoms with Gasteiger partial charge in [-0.25, -0.2) is 9.97 Å². The third kappa shape index (κ3) is 5.66. The highest BCUT2D eigenvalue weighted by Gasteiger charge is 2.14. The molecular weight excluding hydrogens is 352 g/mol. The number of likely N-dealkylation sites (N-methyl/N-ethyl adjacent to an activating group) is 1. The van der Waals surface area contributed by atoms with E-state index in [0.29, 0.717) is 24.0 Å². The molecule has 1 fully saturated rings. The first-order valence-corrected chi connectivity index (χ1v) is 9.92. The van der Waals surface area contributed by atoms with Crippen molar-refractivity contribution in [3.63, 3.8) is 0 Å². The van der Waals surface area contributed by atoms with Crippen LogP contribution in [0, 0.1) is 5.92 Å². The third-order valence-corrected chi connectivity index (χ3v) is 4.90. The first-order valence-electron chi connectivity index (χ1n) is 9.92. The molecule has 28 heavy (non-hydrogen) atoms. The lowest BCUT2D eigenvalue weighted by molar-refractivity contribution is 0.0946. The van der Waals surface area contributed by atoms with Crippen LogP contribution in [0.4, 0.5) is 17.2 Å². The van der Waals surface area contributed by atoms with E-state index in [1.54, 1.807) is 6.20 Å². The van der Waals surface area contributed by atoms with E-state index < -0.39 is 0 Å². The van der Waals surface area contributed by atoms with Crippen molar-refractivity contribution in [2.75, 3.05) is 50.0 Å². The van der Waals surface area contributed by atoms with Crippen molar-refractivity contribution in [1.29, 1.82) is 0 Å². The third-order valence-electron chi connectivity index (χ3n) is 4.90. The molecule has 0 radical (unpaired) electrons. The molecule has 1 aliphatic heterocycles. The molecule has 1 saturated heterocycles. The van der Waals surface area contributed by atoms with Crippen LogP contribution in [0.2, 0.25) is 0 Å². The molecule has 0 spiro atoms. The molecule has 2 aromatic rings. The zero-order valence-corrected chi connectivity index (χ0v) is 17.0. The Hall–Kier alpha value is -2.67. The number of nitrogens with one attached hydrogen (secondary N) is 2. The van der Waals surface area contributed by atoms with E-state index in [2.05, 4.69) is 63.4 Å². The van der Waals surface area contributed by atoms with Gasteiger partial charge < -0.3 is 20.4 Å². The minimum absolute atomic E-state index is 0.184. The van der Waals surface area contributed by atoms with Crippen molar-refractivity contribution >= 4 is 23.1 Å². The van der Waals surface area contributed by atoms with Crippen LogP contribution in [-0.4, -0.2) is 60.5 Å². The minimum Gasteiger partial charge on any atom is -0.369 e. The molecule has 0 unspecified atom stereocenters. The highest BCUT2D eigenvalue weighted by atomic mass is 16.1. The molecule has 1 aromatic carbocycles. The van der Waals surface area contributed by atoms with Gasteiger partial charge in [-0.1, -0.05) is 13.8 Å². The fraction of sp³-hybridized carbons (Fsp3) is 0.476. The van der Waals surface area contributed by atoms with Crippen LogP contribution in [0.3, 0.4) is 0 Å². The lowest BCUT2D eigenvalue weighted by Crippen LogP contribution is -2.44. The molecule has 3 rings (SSSR count). The zero-order valence-electron chi connectivity index (χ0n) is 17.0. The van der Waals surface area contributed by atoms with Crippen LogP contribution in [0.5, 0.6) is 0 Å². The summed E-state index contributed by atoms with van der Waals surface area (Å²) in [5.74, 6) is 0.989. The van der Waals surface area contributed by atoms with Crippen LogP contribution >= 0.6 is 0 Å². The molecular formula is C21H30N6O. The van der Waals surface area contributed by atoms with E-state index in [0.717, 1.165) is 38.3 Å². The Morgan fingerprint density at radius 1 is 1.07 bits per heavy atom. The number of piperazine rings is 1. The predicted octanol–water partition coefficient (Wildman–Crippen LogP) is 2.75. The van der Waals surface area contributed by atoms with E-state index in [1.807, 2.05) is 12.1 Å². The number of anilines is 3. The van der Waals surface area contributed by atoms with Gasteiger partial charge in [0.25, 0.3) is 5.91 Å². The largest absolute Gasteiger partial charge is 0.369 e. The van der Waals surface area contributed by atoms with E-state index in [-0.39, 0.29) is 5.91 Å². The summed E-state index contributed by atoms with van der Waals surface area (Å²) in [6.45, 7) is 9.19. The smallest absolute Gasteiger partial charge is 0.271 e. The molecule has 1 aromatic heterocycles. The number of hydrogen-bond donors (Lipinski definition) is 2. The van der Waals surface area contributed by atoms with Crippen LogP contribution < -0.4 is 15.5 Å².